The van der Waals surface area contributed by atoms with Gasteiger partial charge in [0.05, 0.1) is 12.7 Å². The quantitative estimate of drug-likeness (QED) is 0.479. The summed E-state index contributed by atoms with van der Waals surface area (Å²) in [5.74, 6) is -0.556. The zero-order valence-electron chi connectivity index (χ0n) is 11.9. The summed E-state index contributed by atoms with van der Waals surface area (Å²) in [5.41, 5.74) is -1.24. The summed E-state index contributed by atoms with van der Waals surface area (Å²) in [4.78, 5) is 16.5. The maximum atomic E-state index is 12.1. The van der Waals surface area contributed by atoms with Crippen molar-refractivity contribution >= 4 is 33.9 Å². The number of carbonyl (C=O) groups excluding carboxylic acids is 1. The largest absolute Gasteiger partial charge is 0.464 e. The first-order valence-electron chi connectivity index (χ1n) is 5.86. The minimum absolute atomic E-state index is 0.0758. The van der Waals surface area contributed by atoms with E-state index in [-0.39, 0.29) is 12.5 Å². The normalized spacial score (nSPS) is 16.0. The van der Waals surface area contributed by atoms with Gasteiger partial charge in [0.2, 0.25) is 0 Å². The lowest BCUT2D eigenvalue weighted by Crippen LogP contribution is -2.49. The van der Waals surface area contributed by atoms with Crippen molar-refractivity contribution in [2.24, 2.45) is 10.9 Å². The molecular weight excluding hydrogens is 270 g/mol. The smallest absolute Gasteiger partial charge is 0.336 e. The molecule has 0 aromatic carbocycles. The molecule has 0 radical (unpaired) electrons. The number of aliphatic hydroxyl groups excluding tert-OH is 1. The van der Waals surface area contributed by atoms with Gasteiger partial charge in [-0.2, -0.15) is 0 Å². The third-order valence-corrected chi connectivity index (χ3v) is 4.45. The van der Waals surface area contributed by atoms with E-state index in [2.05, 4.69) is 4.99 Å². The molecule has 6 heteroatoms. The number of hydrogen-bond donors (Lipinski definition) is 1. The second kappa shape index (κ2) is 8.07. The van der Waals surface area contributed by atoms with Crippen molar-refractivity contribution in [1.29, 1.82) is 0 Å². The van der Waals surface area contributed by atoms with Gasteiger partial charge < -0.3 is 9.84 Å². The highest BCUT2D eigenvalue weighted by atomic mass is 32.2. The van der Waals surface area contributed by atoms with Gasteiger partial charge in [-0.15, -0.1) is 23.5 Å². The Kier molecular flexibility index (Phi) is 7.98. The molecule has 0 amide bonds. The molecule has 2 atom stereocenters. The third kappa shape index (κ3) is 4.48. The van der Waals surface area contributed by atoms with Crippen LogP contribution < -0.4 is 0 Å². The number of aliphatic imine (C=N–C) groups is 1. The molecule has 0 aromatic heterocycles. The van der Waals surface area contributed by atoms with Crippen LogP contribution in [-0.2, 0) is 9.53 Å². The number of hydrogen-bond acceptors (Lipinski definition) is 6. The van der Waals surface area contributed by atoms with E-state index in [4.69, 9.17) is 4.74 Å². The van der Waals surface area contributed by atoms with Crippen LogP contribution in [0.4, 0.5) is 0 Å². The average molecular weight is 293 g/mol. The van der Waals surface area contributed by atoms with Gasteiger partial charge in [-0.25, -0.2) is 4.79 Å². The Bertz CT molecular complexity index is 302. The van der Waals surface area contributed by atoms with Gasteiger partial charge in [-0.05, 0) is 32.3 Å². The lowest BCUT2D eigenvalue weighted by atomic mass is 9.88. The SMILES string of the molecule is CCOC(=O)[C@@](C)(N=C(SC)SC)[C@@H](O)C(C)C. The summed E-state index contributed by atoms with van der Waals surface area (Å²) in [5, 5.41) is 10.3. The van der Waals surface area contributed by atoms with Gasteiger partial charge >= 0.3 is 5.97 Å². The Labute approximate surface area is 118 Å². The third-order valence-electron chi connectivity index (χ3n) is 2.57. The monoisotopic (exact) mass is 293 g/mol. The molecule has 0 spiro atoms. The van der Waals surface area contributed by atoms with E-state index in [0.717, 1.165) is 4.38 Å². The average Bonchev–Trinajstić information content (AvgIpc) is 2.34. The number of aliphatic hydroxyl groups is 1. The molecule has 0 unspecified atom stereocenters. The van der Waals surface area contributed by atoms with Crippen LogP contribution in [0, 0.1) is 5.92 Å². The van der Waals surface area contributed by atoms with E-state index in [1.54, 1.807) is 13.8 Å². The van der Waals surface area contributed by atoms with Gasteiger partial charge in [0.1, 0.15) is 4.38 Å². The molecule has 0 aromatic rings. The molecule has 0 saturated heterocycles. The maximum Gasteiger partial charge on any atom is 0.336 e. The Balaban J connectivity index is 5.40. The molecule has 0 aliphatic carbocycles. The highest BCUT2D eigenvalue weighted by Crippen LogP contribution is 2.27. The number of ether oxygens (including phenoxy) is 1. The molecule has 0 aliphatic heterocycles. The van der Waals surface area contributed by atoms with Gasteiger partial charge in [-0.1, -0.05) is 13.8 Å². The maximum absolute atomic E-state index is 12.1. The predicted octanol–water partition coefficient (Wildman–Crippen LogP) is 2.41. The first-order valence-corrected chi connectivity index (χ1v) is 8.31. The van der Waals surface area contributed by atoms with Crippen molar-refractivity contribution in [3.05, 3.63) is 0 Å². The number of nitrogens with zero attached hydrogens (tertiary/aromatic N) is 1. The molecule has 4 nitrogen and oxygen atoms in total. The van der Waals surface area contributed by atoms with Crippen molar-refractivity contribution in [1.82, 2.24) is 0 Å². The minimum Gasteiger partial charge on any atom is -0.464 e. The van der Waals surface area contributed by atoms with Crippen molar-refractivity contribution in [2.45, 2.75) is 39.3 Å². The Morgan fingerprint density at radius 2 is 1.89 bits per heavy atom. The fraction of sp³-hybridized carbons (Fsp3) is 0.833. The summed E-state index contributed by atoms with van der Waals surface area (Å²) in [6.45, 7) is 7.36. The molecule has 0 bridgehead atoms. The fourth-order valence-corrected chi connectivity index (χ4v) is 2.75. The second-order valence-electron chi connectivity index (χ2n) is 4.34. The molecular formula is C12H23NO3S2. The van der Waals surface area contributed by atoms with Crippen molar-refractivity contribution in [3.63, 3.8) is 0 Å². The summed E-state index contributed by atoms with van der Waals surface area (Å²) < 4.78 is 5.80. The first kappa shape index (κ1) is 17.8. The number of rotatable bonds is 5. The standard InChI is InChI=1S/C12H23NO3S2/c1-7-16-10(15)12(4,9(14)8(2)3)13-11(17-5)18-6/h8-9,14H,7H2,1-6H3/t9-,12-/m0/s1. The van der Waals surface area contributed by atoms with Gasteiger partial charge in [0, 0.05) is 0 Å². The lowest BCUT2D eigenvalue weighted by molar-refractivity contribution is -0.154. The lowest BCUT2D eigenvalue weighted by Gasteiger charge is -2.31. The molecule has 0 saturated carbocycles. The first-order chi connectivity index (χ1) is 8.33. The Hall–Kier alpha value is -0.200. The van der Waals surface area contributed by atoms with Crippen LogP contribution >= 0.6 is 23.5 Å². The topological polar surface area (TPSA) is 58.9 Å². The molecule has 1 N–H and O–H groups in total. The fourth-order valence-electron chi connectivity index (χ4n) is 1.52. The van der Waals surface area contributed by atoms with E-state index >= 15 is 0 Å². The van der Waals surface area contributed by atoms with Gasteiger partial charge in [0.25, 0.3) is 0 Å². The van der Waals surface area contributed by atoms with Crippen LogP contribution in [0.1, 0.15) is 27.7 Å². The van der Waals surface area contributed by atoms with Gasteiger partial charge in [0.15, 0.2) is 5.54 Å². The van der Waals surface area contributed by atoms with Crippen molar-refractivity contribution < 1.29 is 14.6 Å². The molecule has 106 valence electrons. The number of esters is 1. The zero-order valence-corrected chi connectivity index (χ0v) is 13.5. The summed E-state index contributed by atoms with van der Waals surface area (Å²) in [6, 6.07) is 0. The zero-order chi connectivity index (χ0) is 14.3. The predicted molar refractivity (Wildman–Crippen MR) is 80.3 cm³/mol. The van der Waals surface area contributed by atoms with E-state index in [9.17, 15) is 9.90 Å². The van der Waals surface area contributed by atoms with E-state index < -0.39 is 17.6 Å². The second-order valence-corrected chi connectivity index (χ2v) is 6.19. The van der Waals surface area contributed by atoms with Crippen LogP contribution in [0.2, 0.25) is 0 Å². The van der Waals surface area contributed by atoms with Crippen molar-refractivity contribution in [2.75, 3.05) is 19.1 Å². The molecule has 0 heterocycles. The molecule has 0 fully saturated rings. The molecule has 0 rings (SSSR count). The van der Waals surface area contributed by atoms with Crippen LogP contribution in [-0.4, -0.2) is 46.2 Å². The summed E-state index contributed by atoms with van der Waals surface area (Å²) >= 11 is 2.91. The van der Waals surface area contributed by atoms with E-state index in [0.29, 0.717) is 0 Å². The van der Waals surface area contributed by atoms with Crippen LogP contribution in [0.25, 0.3) is 0 Å². The minimum atomic E-state index is -1.24. The summed E-state index contributed by atoms with van der Waals surface area (Å²) in [7, 11) is 0. The van der Waals surface area contributed by atoms with E-state index in [1.165, 1.54) is 23.5 Å². The van der Waals surface area contributed by atoms with Crippen LogP contribution in [0.3, 0.4) is 0 Å². The molecule has 0 aliphatic rings. The highest BCUT2D eigenvalue weighted by Gasteiger charge is 2.43. The van der Waals surface area contributed by atoms with Crippen LogP contribution in [0.15, 0.2) is 4.99 Å². The number of carbonyl (C=O) groups is 1. The molecule has 18 heavy (non-hydrogen) atoms. The number of thioether (sulfide) groups is 2. The Morgan fingerprint density at radius 1 is 1.39 bits per heavy atom. The van der Waals surface area contributed by atoms with Crippen LogP contribution in [0.5, 0.6) is 0 Å². The summed E-state index contributed by atoms with van der Waals surface area (Å²) in [6.07, 6.45) is 2.91. The Morgan fingerprint density at radius 3 is 2.22 bits per heavy atom. The highest BCUT2D eigenvalue weighted by molar-refractivity contribution is 8.38. The van der Waals surface area contributed by atoms with Gasteiger partial charge in [-0.3, -0.25) is 4.99 Å². The van der Waals surface area contributed by atoms with E-state index in [1.807, 2.05) is 26.4 Å². The van der Waals surface area contributed by atoms with Crippen molar-refractivity contribution in [3.8, 4) is 0 Å².